The van der Waals surface area contributed by atoms with Crippen molar-refractivity contribution < 1.29 is 4.79 Å². The zero-order chi connectivity index (χ0) is 19.7. The van der Waals surface area contributed by atoms with Crippen LogP contribution in [-0.4, -0.2) is 46.9 Å². The standard InChI is InChI=1S/C23H31N3OS/c1-23(2,3)19-6-7-20-18(13-19)14-21(28-20)22(27)26-11-9-25(10-12-26)16-17-5-4-8-24-15-17/h4-5,8,14-15,19H,6-7,9-13,16H2,1-3H3. The fourth-order valence-corrected chi connectivity index (χ4v) is 5.56. The average Bonchev–Trinajstić information content (AvgIpc) is 3.11. The molecule has 150 valence electrons. The van der Waals surface area contributed by atoms with Gasteiger partial charge in [-0.15, -0.1) is 11.3 Å². The average molecular weight is 398 g/mol. The van der Waals surface area contributed by atoms with Gasteiger partial charge in [-0.2, -0.15) is 0 Å². The summed E-state index contributed by atoms with van der Waals surface area (Å²) in [6.07, 6.45) is 7.25. The third-order valence-corrected chi connectivity index (χ3v) is 7.53. The van der Waals surface area contributed by atoms with Crippen LogP contribution in [0.4, 0.5) is 0 Å². The number of aromatic nitrogens is 1. The first kappa shape index (κ1) is 19.6. The molecule has 1 amide bonds. The van der Waals surface area contributed by atoms with Crippen molar-refractivity contribution in [3.05, 3.63) is 51.5 Å². The van der Waals surface area contributed by atoms with E-state index in [1.807, 2.05) is 23.4 Å². The number of aryl methyl sites for hydroxylation is 1. The molecule has 2 aromatic heterocycles. The Morgan fingerprint density at radius 3 is 2.71 bits per heavy atom. The topological polar surface area (TPSA) is 36.4 Å². The number of pyridine rings is 1. The van der Waals surface area contributed by atoms with Crippen LogP contribution >= 0.6 is 11.3 Å². The highest BCUT2D eigenvalue weighted by molar-refractivity contribution is 7.14. The number of carbonyl (C=O) groups excluding carboxylic acids is 1. The Balaban J connectivity index is 1.35. The lowest BCUT2D eigenvalue weighted by Crippen LogP contribution is -2.48. The fourth-order valence-electron chi connectivity index (χ4n) is 4.38. The molecule has 1 aliphatic carbocycles. The number of rotatable bonds is 3. The van der Waals surface area contributed by atoms with Gasteiger partial charge in [0.25, 0.3) is 5.91 Å². The minimum Gasteiger partial charge on any atom is -0.335 e. The first-order chi connectivity index (χ1) is 13.4. The number of nitrogens with zero attached hydrogens (tertiary/aromatic N) is 3. The van der Waals surface area contributed by atoms with Crippen LogP contribution in [0.2, 0.25) is 0 Å². The van der Waals surface area contributed by atoms with Crippen LogP contribution in [0.1, 0.15) is 52.9 Å². The molecule has 5 heteroatoms. The number of hydrogen-bond acceptors (Lipinski definition) is 4. The molecule has 3 heterocycles. The van der Waals surface area contributed by atoms with Crippen molar-refractivity contribution in [1.82, 2.24) is 14.8 Å². The van der Waals surface area contributed by atoms with E-state index < -0.39 is 0 Å². The SMILES string of the molecule is CC(C)(C)C1CCc2sc(C(=O)N3CCN(Cc4cccnc4)CC3)cc2C1. The first-order valence-corrected chi connectivity index (χ1v) is 11.2. The largest absolute Gasteiger partial charge is 0.335 e. The zero-order valence-corrected chi connectivity index (χ0v) is 18.1. The van der Waals surface area contributed by atoms with Crippen molar-refractivity contribution in [1.29, 1.82) is 0 Å². The van der Waals surface area contributed by atoms with Gasteiger partial charge in [0, 0.05) is 50.0 Å². The highest BCUT2D eigenvalue weighted by atomic mass is 32.1. The quantitative estimate of drug-likeness (QED) is 0.777. The molecule has 2 aromatic rings. The molecule has 1 aliphatic heterocycles. The second kappa shape index (κ2) is 7.96. The van der Waals surface area contributed by atoms with Crippen LogP contribution in [0.25, 0.3) is 0 Å². The number of thiophene rings is 1. The minimum atomic E-state index is 0.229. The number of amides is 1. The van der Waals surface area contributed by atoms with Gasteiger partial charge in [-0.3, -0.25) is 14.7 Å². The smallest absolute Gasteiger partial charge is 0.264 e. The van der Waals surface area contributed by atoms with E-state index in [9.17, 15) is 4.79 Å². The van der Waals surface area contributed by atoms with Gasteiger partial charge in [-0.25, -0.2) is 0 Å². The highest BCUT2D eigenvalue weighted by Crippen LogP contribution is 2.40. The monoisotopic (exact) mass is 397 g/mol. The molecule has 2 aliphatic rings. The number of hydrogen-bond donors (Lipinski definition) is 0. The van der Waals surface area contributed by atoms with Crippen molar-refractivity contribution in [3.8, 4) is 0 Å². The number of fused-ring (bicyclic) bond motifs is 1. The molecule has 28 heavy (non-hydrogen) atoms. The van der Waals surface area contributed by atoms with Crippen LogP contribution in [0.15, 0.2) is 30.6 Å². The Hall–Kier alpha value is -1.72. The maximum atomic E-state index is 13.1. The summed E-state index contributed by atoms with van der Waals surface area (Å²) in [5, 5.41) is 0. The molecule has 1 fully saturated rings. The van der Waals surface area contributed by atoms with E-state index in [-0.39, 0.29) is 5.91 Å². The van der Waals surface area contributed by atoms with E-state index in [1.165, 1.54) is 22.4 Å². The molecule has 4 rings (SSSR count). The predicted octanol–water partition coefficient (Wildman–Crippen LogP) is 4.25. The summed E-state index contributed by atoms with van der Waals surface area (Å²) >= 11 is 1.74. The molecule has 0 N–H and O–H groups in total. The molecule has 1 atom stereocenters. The molecule has 1 saturated heterocycles. The maximum Gasteiger partial charge on any atom is 0.264 e. The molecular weight excluding hydrogens is 366 g/mol. The normalized spacial score (nSPS) is 20.8. The van der Waals surface area contributed by atoms with Crippen LogP contribution < -0.4 is 0 Å². The number of carbonyl (C=O) groups is 1. The molecular formula is C23H31N3OS. The third-order valence-electron chi connectivity index (χ3n) is 6.31. The van der Waals surface area contributed by atoms with Crippen molar-refractivity contribution in [2.45, 2.75) is 46.6 Å². The molecule has 0 spiro atoms. The maximum absolute atomic E-state index is 13.1. The van der Waals surface area contributed by atoms with Crippen LogP contribution in [0, 0.1) is 11.3 Å². The molecule has 4 nitrogen and oxygen atoms in total. The van der Waals surface area contributed by atoms with Crippen LogP contribution in [0.5, 0.6) is 0 Å². The van der Waals surface area contributed by atoms with Gasteiger partial charge in [0.2, 0.25) is 0 Å². The fraction of sp³-hybridized carbons (Fsp3) is 0.565. The summed E-state index contributed by atoms with van der Waals surface area (Å²) in [5.74, 6) is 0.946. The second-order valence-electron chi connectivity index (χ2n) is 9.29. The zero-order valence-electron chi connectivity index (χ0n) is 17.3. The third kappa shape index (κ3) is 4.31. The van der Waals surface area contributed by atoms with Crippen LogP contribution in [0.3, 0.4) is 0 Å². The Morgan fingerprint density at radius 2 is 2.04 bits per heavy atom. The van der Waals surface area contributed by atoms with E-state index in [2.05, 4.69) is 42.8 Å². The predicted molar refractivity (Wildman–Crippen MR) is 115 cm³/mol. The summed E-state index contributed by atoms with van der Waals surface area (Å²) < 4.78 is 0. The number of piperazine rings is 1. The molecule has 1 unspecified atom stereocenters. The Bertz CT molecular complexity index is 816. The minimum absolute atomic E-state index is 0.229. The lowest BCUT2D eigenvalue weighted by molar-refractivity contribution is 0.0633. The molecule has 0 radical (unpaired) electrons. The Morgan fingerprint density at radius 1 is 1.25 bits per heavy atom. The van der Waals surface area contributed by atoms with E-state index in [0.29, 0.717) is 11.3 Å². The van der Waals surface area contributed by atoms with E-state index in [0.717, 1.165) is 50.4 Å². The highest BCUT2D eigenvalue weighted by Gasteiger charge is 2.31. The second-order valence-corrected chi connectivity index (χ2v) is 10.4. The summed E-state index contributed by atoms with van der Waals surface area (Å²) in [6.45, 7) is 11.4. The molecule has 0 bridgehead atoms. The first-order valence-electron chi connectivity index (χ1n) is 10.4. The molecule has 0 aromatic carbocycles. The van der Waals surface area contributed by atoms with Gasteiger partial charge in [0.05, 0.1) is 4.88 Å². The molecule has 0 saturated carbocycles. The summed E-state index contributed by atoms with van der Waals surface area (Å²) in [7, 11) is 0. The summed E-state index contributed by atoms with van der Waals surface area (Å²) in [5.41, 5.74) is 3.00. The Kier molecular flexibility index (Phi) is 5.57. The van der Waals surface area contributed by atoms with E-state index in [4.69, 9.17) is 0 Å². The van der Waals surface area contributed by atoms with Gasteiger partial charge >= 0.3 is 0 Å². The van der Waals surface area contributed by atoms with Crippen molar-refractivity contribution >= 4 is 17.2 Å². The van der Waals surface area contributed by atoms with E-state index >= 15 is 0 Å². The van der Waals surface area contributed by atoms with Gasteiger partial charge in [0.15, 0.2) is 0 Å². The van der Waals surface area contributed by atoms with Gasteiger partial charge in [-0.1, -0.05) is 26.8 Å². The van der Waals surface area contributed by atoms with Crippen LogP contribution in [-0.2, 0) is 19.4 Å². The van der Waals surface area contributed by atoms with Gasteiger partial charge in [-0.05, 0) is 53.9 Å². The lowest BCUT2D eigenvalue weighted by Gasteiger charge is -2.34. The lowest BCUT2D eigenvalue weighted by atomic mass is 9.72. The summed E-state index contributed by atoms with van der Waals surface area (Å²) in [4.78, 5) is 24.1. The van der Waals surface area contributed by atoms with Crippen molar-refractivity contribution in [3.63, 3.8) is 0 Å². The van der Waals surface area contributed by atoms with Crippen molar-refractivity contribution in [2.24, 2.45) is 11.3 Å². The van der Waals surface area contributed by atoms with Gasteiger partial charge < -0.3 is 4.90 Å². The van der Waals surface area contributed by atoms with Crippen molar-refractivity contribution in [2.75, 3.05) is 26.2 Å². The van der Waals surface area contributed by atoms with E-state index in [1.54, 1.807) is 11.3 Å². The Labute approximate surface area is 172 Å². The van der Waals surface area contributed by atoms with Gasteiger partial charge in [0.1, 0.15) is 0 Å². The summed E-state index contributed by atoms with van der Waals surface area (Å²) in [6, 6.07) is 6.30.